The minimum Gasteiger partial charge on any atom is -0.744 e. The third-order valence-electron chi connectivity index (χ3n) is 8.87. The number of hydrogen-bond donors (Lipinski definition) is 4. The molecule has 0 saturated carbocycles. The number of phenols is 2. The zero-order valence-corrected chi connectivity index (χ0v) is 39.3. The van der Waals surface area contributed by atoms with Gasteiger partial charge >= 0.3 is 59.1 Å². The molecule has 0 atom stereocenters. The third-order valence-corrected chi connectivity index (χ3v) is 10.3. The van der Waals surface area contributed by atoms with E-state index in [9.17, 15) is 38.0 Å². The average Bonchev–Trinajstić information content (AvgIpc) is 3.19. The molecule has 16 nitrogen and oxygen atoms in total. The molecular formula is C41H36N4Na2O12S2. The number of nitrogens with zero attached hydrogens (tertiary/aromatic N) is 2. The summed E-state index contributed by atoms with van der Waals surface area (Å²) in [7, 11) is -4.99. The Morgan fingerprint density at radius 2 is 1.57 bits per heavy atom. The predicted octanol–water partition coefficient (Wildman–Crippen LogP) is 1.92. The maximum absolute atomic E-state index is 13.3. The number of ether oxygens (including phenoxy) is 2. The molecule has 306 valence electrons. The molecule has 0 aliphatic heterocycles. The van der Waals surface area contributed by atoms with E-state index >= 15 is 0 Å². The van der Waals surface area contributed by atoms with E-state index in [-0.39, 0.29) is 103 Å². The zero-order chi connectivity index (χ0) is 42.3. The van der Waals surface area contributed by atoms with Crippen LogP contribution in [0.2, 0.25) is 0 Å². The molecule has 0 aromatic heterocycles. The van der Waals surface area contributed by atoms with Gasteiger partial charge in [-0.05, 0) is 92.2 Å². The topological polar surface area (TPSA) is 241 Å². The van der Waals surface area contributed by atoms with Gasteiger partial charge in [0.1, 0.15) is 38.8 Å². The standard InChI is InChI=1S/C41H38N4O12S2.2Na/c1-23-10-15-34(24(2)18-23)54-17-7-6-16-42-41(49)32-22-35(30-8-4-5-9-31(30)39(32)47)55-28-13-11-27(12-14-28)44-45-38-36(58-57-56-50)20-26-19-29(59(51,52)53)21-33(43-25(3)46)37(26)40(38)48;;/h4-5,8-15,18-22,47-48,50H,6-7,16-17H2,1-3H3,(H,42,49)(H,43,46)(H,51,52,53);;/q;2*+1/p-2. The van der Waals surface area contributed by atoms with Gasteiger partial charge in [-0.15, -0.1) is 5.11 Å². The van der Waals surface area contributed by atoms with Crippen LogP contribution in [0.3, 0.4) is 0 Å². The minimum atomic E-state index is -4.99. The van der Waals surface area contributed by atoms with Crippen LogP contribution in [0.1, 0.15) is 41.3 Å². The first kappa shape index (κ1) is 49.4. The van der Waals surface area contributed by atoms with Crippen LogP contribution in [0, 0.1) is 13.8 Å². The van der Waals surface area contributed by atoms with Crippen molar-refractivity contribution >= 4 is 72.6 Å². The molecule has 6 rings (SSSR count). The summed E-state index contributed by atoms with van der Waals surface area (Å²) in [5.41, 5.74) is 2.05. The summed E-state index contributed by atoms with van der Waals surface area (Å²) < 4.78 is 52.0. The van der Waals surface area contributed by atoms with Gasteiger partial charge in [0.25, 0.3) is 5.91 Å². The zero-order valence-electron chi connectivity index (χ0n) is 33.7. The van der Waals surface area contributed by atoms with E-state index in [1.165, 1.54) is 24.3 Å². The maximum atomic E-state index is 13.3. The van der Waals surface area contributed by atoms with Crippen LogP contribution >= 0.6 is 12.0 Å². The monoisotopic (exact) mass is 886 g/mol. The van der Waals surface area contributed by atoms with E-state index in [1.54, 1.807) is 36.4 Å². The van der Waals surface area contributed by atoms with Crippen molar-refractivity contribution < 1.29 is 116 Å². The normalized spacial score (nSPS) is 11.2. The number of phenolic OH excluding ortho intramolecular Hbond substituents is 2. The van der Waals surface area contributed by atoms with Gasteiger partial charge in [-0.1, -0.05) is 42.0 Å². The average molecular weight is 887 g/mol. The van der Waals surface area contributed by atoms with Crippen molar-refractivity contribution in [3.8, 4) is 28.7 Å². The van der Waals surface area contributed by atoms with E-state index < -0.39 is 32.6 Å². The number of rotatable bonds is 16. The first-order valence-electron chi connectivity index (χ1n) is 17.9. The Morgan fingerprint density at radius 3 is 2.25 bits per heavy atom. The molecule has 0 bridgehead atoms. The molecule has 0 unspecified atom stereocenters. The second-order valence-corrected chi connectivity index (χ2v) is 15.3. The summed E-state index contributed by atoms with van der Waals surface area (Å²) in [4.78, 5) is 24.5. The molecule has 61 heavy (non-hydrogen) atoms. The number of carbonyl (C=O) groups excluding carboxylic acids is 2. The largest absolute Gasteiger partial charge is 1.00 e. The molecule has 2 amide bonds. The van der Waals surface area contributed by atoms with Crippen LogP contribution < -0.4 is 84.5 Å². The van der Waals surface area contributed by atoms with E-state index in [4.69, 9.17) is 9.47 Å². The molecule has 0 spiro atoms. The number of aryl methyl sites for hydroxylation is 2. The third kappa shape index (κ3) is 12.4. The van der Waals surface area contributed by atoms with Crippen molar-refractivity contribution in [2.45, 2.75) is 43.4 Å². The van der Waals surface area contributed by atoms with E-state index in [2.05, 4.69) is 36.3 Å². The molecule has 6 aromatic rings. The van der Waals surface area contributed by atoms with Gasteiger partial charge in [-0.2, -0.15) is 9.45 Å². The number of fused-ring (bicyclic) bond motifs is 2. The van der Waals surface area contributed by atoms with Crippen molar-refractivity contribution in [3.63, 3.8) is 0 Å². The second-order valence-electron chi connectivity index (χ2n) is 13.2. The Balaban J connectivity index is 0.00000410. The summed E-state index contributed by atoms with van der Waals surface area (Å²) >= 11 is 0.325. The number of hydrogen-bond acceptors (Lipinski definition) is 15. The van der Waals surface area contributed by atoms with Crippen molar-refractivity contribution in [3.05, 3.63) is 108 Å². The predicted molar refractivity (Wildman–Crippen MR) is 215 cm³/mol. The number of aromatic hydroxyl groups is 2. The summed E-state index contributed by atoms with van der Waals surface area (Å²) in [6, 6.07) is 23.7. The Morgan fingerprint density at radius 1 is 0.852 bits per heavy atom. The Labute approximate surface area is 399 Å². The summed E-state index contributed by atoms with van der Waals surface area (Å²) in [5, 5.41) is 50.9. The molecule has 0 aliphatic rings. The molecule has 0 fully saturated rings. The van der Waals surface area contributed by atoms with Crippen LogP contribution in [-0.4, -0.2) is 48.1 Å². The van der Waals surface area contributed by atoms with Crippen LogP contribution in [0.25, 0.3) is 21.5 Å². The molecule has 0 saturated heterocycles. The van der Waals surface area contributed by atoms with Gasteiger partial charge in [0.2, 0.25) is 5.91 Å². The van der Waals surface area contributed by atoms with Gasteiger partial charge < -0.3 is 40.1 Å². The van der Waals surface area contributed by atoms with Crippen molar-refractivity contribution in [1.82, 2.24) is 5.32 Å². The number of anilines is 1. The fraction of sp³-hybridized carbons (Fsp3) is 0.171. The molecule has 20 heteroatoms. The number of unbranched alkanes of at least 4 members (excludes halogenated alkanes) is 1. The first-order chi connectivity index (χ1) is 28.2. The summed E-state index contributed by atoms with van der Waals surface area (Å²) in [6.07, 6.45) is 1.35. The molecular weight excluding hydrogens is 851 g/mol. The van der Waals surface area contributed by atoms with Gasteiger partial charge in [0.05, 0.1) is 45.4 Å². The van der Waals surface area contributed by atoms with E-state index in [0.29, 0.717) is 60.3 Å². The smallest absolute Gasteiger partial charge is 0.744 e. The Bertz CT molecular complexity index is 2700. The molecule has 4 N–H and O–H groups in total. The fourth-order valence-electron chi connectivity index (χ4n) is 6.17. The number of benzene rings is 6. The van der Waals surface area contributed by atoms with Crippen LogP contribution in [-0.2, 0) is 24.3 Å². The van der Waals surface area contributed by atoms with Gasteiger partial charge in [-0.3, -0.25) is 14.6 Å². The fourth-order valence-corrected chi connectivity index (χ4v) is 7.20. The Kier molecular flexibility index (Phi) is 18.0. The molecule has 6 aromatic carbocycles. The number of carbonyl (C=O) groups is 2. The van der Waals surface area contributed by atoms with Crippen LogP contribution in [0.4, 0.5) is 17.1 Å². The van der Waals surface area contributed by atoms with Crippen LogP contribution in [0.5, 0.6) is 28.7 Å². The molecule has 0 radical (unpaired) electrons. The van der Waals surface area contributed by atoms with Crippen molar-refractivity contribution in [2.24, 2.45) is 10.2 Å². The maximum Gasteiger partial charge on any atom is 1.00 e. The number of azo groups is 1. The van der Waals surface area contributed by atoms with Gasteiger partial charge in [0.15, 0.2) is 5.75 Å². The number of amides is 2. The van der Waals surface area contributed by atoms with Gasteiger partial charge in [-0.25, -0.2) is 8.42 Å². The van der Waals surface area contributed by atoms with E-state index in [0.717, 1.165) is 35.9 Å². The second kappa shape index (κ2) is 22.2. The minimum absolute atomic E-state index is 0. The van der Waals surface area contributed by atoms with E-state index in [1.807, 2.05) is 26.0 Å². The first-order valence-corrected chi connectivity index (χ1v) is 20.0. The van der Waals surface area contributed by atoms with Gasteiger partial charge in [0, 0.05) is 29.6 Å². The van der Waals surface area contributed by atoms with Crippen molar-refractivity contribution in [1.29, 1.82) is 0 Å². The SMILES string of the molecule is CC(=O)Nc1cc(S(=O)(=O)[O-])cc2cc(SOO[O-])c(N=Nc3ccc(Oc4cc(C(=O)NCCCCOc5ccc(C)cc5C)c(O)c5ccccc45)cc3)c(O)c12.[Na+].[Na+]. The Hall–Kier alpha value is -4.28. The quantitative estimate of drug-likeness (QED) is 0.0207. The molecule has 0 heterocycles. The van der Waals surface area contributed by atoms with Crippen molar-refractivity contribution in [2.75, 3.05) is 18.5 Å². The van der Waals surface area contributed by atoms with Crippen LogP contribution in [0.15, 0.2) is 111 Å². The molecule has 0 aliphatic carbocycles. The number of nitrogens with one attached hydrogen (secondary N) is 2. The summed E-state index contributed by atoms with van der Waals surface area (Å²) in [6.45, 7) is 6.00. The summed E-state index contributed by atoms with van der Waals surface area (Å²) in [5.74, 6) is -0.437.